The molecule has 3 unspecified atom stereocenters. The number of ketones is 2. The molecule has 0 aliphatic rings. The molecule has 7 aromatic carbocycles. The van der Waals surface area contributed by atoms with E-state index >= 15 is 0 Å². The molecule has 14 aromatic rings. The van der Waals surface area contributed by atoms with E-state index in [1.807, 2.05) is 0 Å². The Labute approximate surface area is 804 Å². The number of nitrogens with one attached hydrogen (secondary N) is 6. The van der Waals surface area contributed by atoms with Gasteiger partial charge in [0.1, 0.15) is 51.4 Å². The number of aliphatic hydroxyl groups excluding tert-OH is 1. The third kappa shape index (κ3) is 39.7. The molecule has 0 bridgehead atoms. The number of rotatable bonds is 20. The Hall–Kier alpha value is -16.0. The largest absolute Gasteiger partial charge is 0.416 e. The summed E-state index contributed by atoms with van der Waals surface area (Å²) in [7, 11) is 0. The highest BCUT2D eigenvalue weighted by molar-refractivity contribution is 6.29. The first-order chi connectivity index (χ1) is 66.9. The number of carbonyl (C=O) groups excluding carboxylic acids is 2. The number of anilines is 13. The molecule has 0 spiro atoms. The van der Waals surface area contributed by atoms with Gasteiger partial charge in [-0.2, -0.15) is 92.2 Å². The van der Waals surface area contributed by atoms with Gasteiger partial charge in [0.2, 0.25) is 0 Å². The second kappa shape index (κ2) is 51.8. The Balaban J connectivity index is 0.000000224. The summed E-state index contributed by atoms with van der Waals surface area (Å²) in [5.74, 6) is 2.10. The van der Waals surface area contributed by atoms with Crippen molar-refractivity contribution >= 4 is 97.9 Å². The van der Waals surface area contributed by atoms with Gasteiger partial charge in [0, 0.05) is 76.7 Å². The van der Waals surface area contributed by atoms with Crippen molar-refractivity contribution in [3.63, 3.8) is 0 Å². The number of nitrogen functional groups attached to an aromatic ring is 1. The van der Waals surface area contributed by atoms with Crippen LogP contribution in [0.2, 0.25) is 5.15 Å². The van der Waals surface area contributed by atoms with Crippen molar-refractivity contribution in [1.82, 2.24) is 69.8 Å². The molecule has 754 valence electrons. The van der Waals surface area contributed by atoms with Gasteiger partial charge in [-0.25, -0.2) is 44.9 Å². The number of alkyl halides is 21. The van der Waals surface area contributed by atoms with Gasteiger partial charge >= 0.3 is 43.2 Å². The summed E-state index contributed by atoms with van der Waals surface area (Å²) in [6.07, 6.45) is -11.1. The number of nitrogens with zero attached hydrogens (tertiary/aromatic N) is 17. The third-order valence-corrected chi connectivity index (χ3v) is 18.2. The second-order valence-electron chi connectivity index (χ2n) is 29.5. The average molecular weight is 2040 g/mol. The zero-order chi connectivity index (χ0) is 106. The van der Waals surface area contributed by atoms with Crippen LogP contribution in [0.5, 0.6) is 0 Å². The van der Waals surface area contributed by atoms with E-state index in [4.69, 9.17) is 40.1 Å². The van der Waals surface area contributed by atoms with Crippen LogP contribution in [0.1, 0.15) is 167 Å². The van der Waals surface area contributed by atoms with Crippen molar-refractivity contribution in [1.29, 1.82) is 0 Å². The first kappa shape index (κ1) is 114. The number of hydrogen-bond donors (Lipinski definition) is 11. The highest BCUT2D eigenvalue weighted by atomic mass is 35.5. The van der Waals surface area contributed by atoms with E-state index in [1.165, 1.54) is 186 Å². The third-order valence-electron chi connectivity index (χ3n) is 18.0. The Morgan fingerprint density at radius 3 is 0.664 bits per heavy atom. The minimum Gasteiger partial charge on any atom is -0.399 e. The predicted molar refractivity (Wildman–Crippen MR) is 489 cm³/mol. The molecular formula is C91H83ClF21N27O3. The molecule has 0 aliphatic heterocycles. The molecular weight excluding hydrogens is 1950 g/mol. The van der Waals surface area contributed by atoms with Gasteiger partial charge in [0.15, 0.2) is 11.6 Å². The molecule has 5 atom stereocenters. The Kier molecular flexibility index (Phi) is 41.3. The summed E-state index contributed by atoms with van der Waals surface area (Å²) in [6, 6.07) is 31.0. The zero-order valence-corrected chi connectivity index (χ0v) is 75.9. The molecule has 15 N–H and O–H groups in total. The zero-order valence-electron chi connectivity index (χ0n) is 75.1. The summed E-state index contributed by atoms with van der Waals surface area (Å²) in [5, 5.41) is 30.1. The smallest absolute Gasteiger partial charge is 0.399 e. The van der Waals surface area contributed by atoms with Crippen molar-refractivity contribution in [3.8, 4) is 0 Å². The Morgan fingerprint density at radius 2 is 0.497 bits per heavy atom. The van der Waals surface area contributed by atoms with Crippen LogP contribution in [0.4, 0.5) is 167 Å². The van der Waals surface area contributed by atoms with E-state index in [1.54, 1.807) is 34.6 Å². The fourth-order valence-corrected chi connectivity index (χ4v) is 10.5. The van der Waals surface area contributed by atoms with Crippen LogP contribution in [0.15, 0.2) is 262 Å². The normalized spacial score (nSPS) is 12.3. The van der Waals surface area contributed by atoms with Gasteiger partial charge in [-0.15, -0.1) is 0 Å². The van der Waals surface area contributed by atoms with E-state index < -0.39 is 94.3 Å². The molecule has 52 heteroatoms. The van der Waals surface area contributed by atoms with Crippen LogP contribution in [0, 0.1) is 0 Å². The molecule has 0 amide bonds. The van der Waals surface area contributed by atoms with Gasteiger partial charge in [0.05, 0.1) is 166 Å². The standard InChI is InChI=1S/C13H11F3N6.3C13H13F3N4.C13H12F3N3O.C13H10F3N3O.C7H6F3N.C6H5ClN2O/c1-8(21-22-17)11-6-19-12(7-18-11)20-10-4-2-9(3-5-10)13(14,15)16;3*1-8(17)11-6-19-12(7-18-11)20-10-4-2-9(3-5-10)13(14,15)16;2*1-8(20)11-6-18-12(7-17-11)19-10-4-2-9(3-5-10)13(14,15)16;8-7(9,10)5-1-3-6(11)4-2-5;1-4(10)5-2-9-6(7)3-8-5/h2-8H,1H3,(H,19,20);3*2-8H,17H2,1H3,(H,19,20);2-8,20H,1H3,(H,18,19);2-7H,1H3,(H,18,19);1-4H,11H2;2-3H,1H3/t;2*8-;;;;;/m.10...../s1. The van der Waals surface area contributed by atoms with Crippen molar-refractivity contribution in [2.45, 2.75) is 122 Å². The van der Waals surface area contributed by atoms with Crippen LogP contribution in [-0.4, -0.2) is 86.4 Å². The average Bonchev–Trinajstić information content (AvgIpc) is 0.889. The summed E-state index contributed by atoms with van der Waals surface area (Å²) in [4.78, 5) is 80.3. The number of nitrogens with two attached hydrogens (primary N) is 4. The van der Waals surface area contributed by atoms with Crippen LogP contribution in [0.25, 0.3) is 10.4 Å². The summed E-state index contributed by atoms with van der Waals surface area (Å²) in [5.41, 5.74) is 32.2. The molecule has 0 saturated heterocycles. The first-order valence-corrected chi connectivity index (χ1v) is 41.3. The van der Waals surface area contributed by atoms with Crippen LogP contribution >= 0.6 is 11.6 Å². The van der Waals surface area contributed by atoms with Gasteiger partial charge < -0.3 is 59.9 Å². The molecule has 7 heterocycles. The Morgan fingerprint density at radius 1 is 0.301 bits per heavy atom. The summed E-state index contributed by atoms with van der Waals surface area (Å²) < 4.78 is 259. The molecule has 0 aliphatic carbocycles. The maximum atomic E-state index is 12.5. The van der Waals surface area contributed by atoms with Crippen molar-refractivity contribution < 1.29 is 107 Å². The fourth-order valence-electron chi connectivity index (χ4n) is 10.4. The number of Topliss-reactive ketones (excluding diaryl/α,β-unsaturated/α-hetero) is 2. The summed E-state index contributed by atoms with van der Waals surface area (Å²) in [6.45, 7) is 11.4. The highest BCUT2D eigenvalue weighted by Gasteiger charge is 2.35. The number of aliphatic hydroxyl groups is 1. The second-order valence-corrected chi connectivity index (χ2v) is 29.9. The van der Waals surface area contributed by atoms with E-state index in [0.29, 0.717) is 114 Å². The van der Waals surface area contributed by atoms with Gasteiger partial charge in [0.25, 0.3) is 0 Å². The lowest BCUT2D eigenvalue weighted by Gasteiger charge is -2.09. The molecule has 0 fully saturated rings. The lowest BCUT2D eigenvalue weighted by atomic mass is 10.2. The number of hydrogen-bond acceptors (Lipinski definition) is 28. The minimum absolute atomic E-state index is 0.107. The summed E-state index contributed by atoms with van der Waals surface area (Å²) >= 11 is 5.43. The molecule has 143 heavy (non-hydrogen) atoms. The van der Waals surface area contributed by atoms with Crippen LogP contribution in [0.3, 0.4) is 0 Å². The molecule has 0 radical (unpaired) electrons. The number of halogens is 22. The van der Waals surface area contributed by atoms with Crippen LogP contribution in [-0.2, 0) is 43.2 Å². The fraction of sp³-hybridized carbons (Fsp3) is 0.209. The number of carbonyl (C=O) groups is 2. The molecule has 30 nitrogen and oxygen atoms in total. The van der Waals surface area contributed by atoms with Gasteiger partial charge in [-0.1, -0.05) is 23.6 Å². The van der Waals surface area contributed by atoms with Gasteiger partial charge in [-0.3, -0.25) is 34.5 Å². The quantitative estimate of drug-likeness (QED) is 0.00843. The monoisotopic (exact) mass is 2040 g/mol. The van der Waals surface area contributed by atoms with Crippen LogP contribution < -0.4 is 54.8 Å². The lowest BCUT2D eigenvalue weighted by Crippen LogP contribution is -2.08. The highest BCUT2D eigenvalue weighted by Crippen LogP contribution is 2.38. The SMILES string of the molecule is CC(=O)c1cnc(Cl)cn1.CC(=O)c1cnc(Nc2ccc(C(F)(F)F)cc2)cn1.CC(N)c1cnc(Nc2ccc(C(F)(F)F)cc2)cn1.CC(N=[N+]=[N-])c1cnc(Nc2ccc(C(F)(F)F)cc2)cn1.CC(O)c1cnc(Nc2ccc(C(F)(F)F)cc2)cn1.C[C@@H](N)c1cnc(Nc2ccc(C(F)(F)F)cc2)cn1.C[C@H](N)c1cnc(Nc2ccc(C(F)(F)F)cc2)cn1.Nc1ccc(C(F)(F)F)cc1. The topological polar surface area (TPSA) is 460 Å². The number of aromatic nitrogens is 14. The minimum atomic E-state index is -4.36. The van der Waals surface area contributed by atoms with Crippen molar-refractivity contribution in [2.75, 3.05) is 37.6 Å². The van der Waals surface area contributed by atoms with Crippen molar-refractivity contribution in [3.05, 3.63) is 351 Å². The predicted octanol–water partition coefficient (Wildman–Crippen LogP) is 24.7. The number of benzene rings is 7. The first-order valence-electron chi connectivity index (χ1n) is 40.9. The van der Waals surface area contributed by atoms with E-state index in [0.717, 1.165) is 84.9 Å². The maximum Gasteiger partial charge on any atom is 0.416 e. The van der Waals surface area contributed by atoms with Crippen molar-refractivity contribution in [2.24, 2.45) is 22.3 Å². The van der Waals surface area contributed by atoms with E-state index in [-0.39, 0.29) is 35.4 Å². The number of azide groups is 1. The molecule has 0 saturated carbocycles. The van der Waals surface area contributed by atoms with E-state index in [2.05, 4.69) is 112 Å². The van der Waals surface area contributed by atoms with E-state index in [9.17, 15) is 107 Å². The Bertz CT molecular complexity index is 5880. The maximum absolute atomic E-state index is 12.5. The molecule has 7 aromatic heterocycles. The lowest BCUT2D eigenvalue weighted by molar-refractivity contribution is -0.138. The van der Waals surface area contributed by atoms with Gasteiger partial charge in [-0.05, 0) is 203 Å². The molecule has 14 rings (SSSR count).